The zero-order valence-corrected chi connectivity index (χ0v) is 21.7. The van der Waals surface area contributed by atoms with E-state index >= 15 is 0 Å². The van der Waals surface area contributed by atoms with E-state index in [-0.39, 0.29) is 46.5 Å². The average Bonchev–Trinajstić information content (AvgIpc) is 3.34. The Morgan fingerprint density at radius 1 is 0.630 bits per heavy atom. The van der Waals surface area contributed by atoms with Gasteiger partial charge in [0.15, 0.2) is 0 Å². The van der Waals surface area contributed by atoms with Gasteiger partial charge in [0.1, 0.15) is 0 Å². The van der Waals surface area contributed by atoms with E-state index in [2.05, 4.69) is 12.2 Å². The summed E-state index contributed by atoms with van der Waals surface area (Å²) < 4.78 is 31.6. The van der Waals surface area contributed by atoms with Gasteiger partial charge in [0.2, 0.25) is 0 Å². The second kappa shape index (κ2) is 16.3. The van der Waals surface area contributed by atoms with E-state index in [9.17, 15) is 0 Å². The maximum atomic E-state index is 5.26. The minimum atomic E-state index is -2.57. The molecule has 0 amide bonds. The van der Waals surface area contributed by atoms with Gasteiger partial charge in [-0.3, -0.25) is 12.2 Å². The number of rotatable bonds is 8. The third-order valence-corrected chi connectivity index (χ3v) is 8.89. The maximum absolute atomic E-state index is 5.26. The molecular weight excluding hydrogens is 463 g/mol. The fourth-order valence-corrected chi connectivity index (χ4v) is 5.99. The summed E-state index contributed by atoms with van der Waals surface area (Å²) in [6, 6.07) is 0. The molecule has 0 aromatic rings. The van der Waals surface area contributed by atoms with E-state index in [4.69, 9.17) is 26.6 Å². The van der Waals surface area contributed by atoms with Crippen molar-refractivity contribution < 1.29 is 48.3 Å². The Morgan fingerprint density at radius 3 is 1.04 bits per heavy atom. The molecule has 0 aliphatic heterocycles. The van der Waals surface area contributed by atoms with Crippen molar-refractivity contribution in [1.82, 2.24) is 0 Å². The van der Waals surface area contributed by atoms with Crippen molar-refractivity contribution in [1.29, 1.82) is 0 Å². The van der Waals surface area contributed by atoms with Gasteiger partial charge in [-0.25, -0.2) is 12.2 Å². The normalized spacial score (nSPS) is 14.9. The SMILES string of the molecule is CO[Si](OC)(OC)C1=[C-]CC=C1.CO[Si](OC)(OC)C1=[C-]CC=C1.Cl.Cl.[Ti+2]. The van der Waals surface area contributed by atoms with Gasteiger partial charge >= 0.3 is 39.3 Å². The molecule has 0 atom stereocenters. The van der Waals surface area contributed by atoms with Crippen LogP contribution in [-0.4, -0.2) is 60.3 Å². The van der Waals surface area contributed by atoms with Crippen LogP contribution in [0.15, 0.2) is 34.7 Å². The van der Waals surface area contributed by atoms with Crippen molar-refractivity contribution in [2.45, 2.75) is 12.8 Å². The molecule has 27 heavy (non-hydrogen) atoms. The molecule has 2 aliphatic carbocycles. The molecule has 0 heterocycles. The Hall–Kier alpha value is 0.448. The molecule has 154 valence electrons. The van der Waals surface area contributed by atoms with E-state index in [0.717, 1.165) is 23.2 Å². The summed E-state index contributed by atoms with van der Waals surface area (Å²) in [5, 5.41) is 1.85. The van der Waals surface area contributed by atoms with E-state index in [1.54, 1.807) is 42.7 Å². The summed E-state index contributed by atoms with van der Waals surface area (Å²) in [6.07, 6.45) is 15.8. The summed E-state index contributed by atoms with van der Waals surface area (Å²) in [5.74, 6) is 0. The van der Waals surface area contributed by atoms with Crippen molar-refractivity contribution in [2.75, 3.05) is 42.7 Å². The van der Waals surface area contributed by atoms with Crippen molar-refractivity contribution in [2.24, 2.45) is 0 Å². The molecule has 0 saturated heterocycles. The number of halogens is 2. The van der Waals surface area contributed by atoms with Gasteiger partial charge in [0.25, 0.3) is 0 Å². The molecule has 0 saturated carbocycles. The summed E-state index contributed by atoms with van der Waals surface area (Å²) >= 11 is 0. The molecule has 0 fully saturated rings. The first kappa shape index (κ1) is 32.1. The van der Waals surface area contributed by atoms with Gasteiger partial charge in [-0.2, -0.15) is 22.5 Å². The standard InChI is InChI=1S/2C8H13O3Si.2ClH.Ti/c2*1-9-12(10-2,11-3)8-6-4-5-7-8;;;/h2*4,6H,5H2,1-3H3;2*1H;/q2*-1;;;+2. The van der Waals surface area contributed by atoms with Crippen LogP contribution in [0.25, 0.3) is 0 Å². The van der Waals surface area contributed by atoms with E-state index in [0.29, 0.717) is 0 Å². The van der Waals surface area contributed by atoms with Crippen LogP contribution in [0.3, 0.4) is 0 Å². The third kappa shape index (κ3) is 8.00. The molecule has 2 rings (SSSR count). The van der Waals surface area contributed by atoms with Crippen LogP contribution in [0.1, 0.15) is 12.8 Å². The molecule has 6 nitrogen and oxygen atoms in total. The zero-order chi connectivity index (χ0) is 18.1. The average molecular weight is 491 g/mol. The molecule has 0 unspecified atom stereocenters. The number of hydrogen-bond donors (Lipinski definition) is 0. The van der Waals surface area contributed by atoms with Gasteiger partial charge < -0.3 is 26.6 Å². The molecule has 11 heteroatoms. The van der Waals surface area contributed by atoms with Crippen LogP contribution in [0.4, 0.5) is 0 Å². The number of allylic oxidation sites excluding steroid dienone is 8. The smallest absolute Gasteiger partial charge is 0.375 e. The molecule has 0 aromatic carbocycles. The van der Waals surface area contributed by atoms with Crippen molar-refractivity contribution >= 4 is 42.4 Å². The Morgan fingerprint density at radius 2 is 0.889 bits per heavy atom. The fraction of sp³-hybridized carbons (Fsp3) is 0.500. The zero-order valence-electron chi connectivity index (χ0n) is 16.5. The first-order chi connectivity index (χ1) is 11.6. The summed E-state index contributed by atoms with van der Waals surface area (Å²) in [6.45, 7) is 0. The predicted molar refractivity (Wildman–Crippen MR) is 109 cm³/mol. The maximum Gasteiger partial charge on any atom is 2.00 e. The second-order valence-electron chi connectivity index (χ2n) is 4.73. The van der Waals surface area contributed by atoms with E-state index < -0.39 is 17.6 Å². The summed E-state index contributed by atoms with van der Waals surface area (Å²) in [4.78, 5) is 0. The van der Waals surface area contributed by atoms with Crippen molar-refractivity contribution in [3.05, 3.63) is 46.8 Å². The monoisotopic (exact) mass is 490 g/mol. The van der Waals surface area contributed by atoms with Gasteiger partial charge in [-0.05, 0) is 0 Å². The quantitative estimate of drug-likeness (QED) is 0.385. The largest absolute Gasteiger partial charge is 2.00 e. The van der Waals surface area contributed by atoms with Crippen molar-refractivity contribution in [3.63, 3.8) is 0 Å². The van der Waals surface area contributed by atoms with Gasteiger partial charge in [0, 0.05) is 42.7 Å². The van der Waals surface area contributed by atoms with Gasteiger partial charge in [0.05, 0.1) is 0 Å². The van der Waals surface area contributed by atoms with Crippen LogP contribution in [0, 0.1) is 12.2 Å². The number of hydrogen-bond acceptors (Lipinski definition) is 6. The van der Waals surface area contributed by atoms with Crippen LogP contribution in [0.5, 0.6) is 0 Å². The Bertz CT molecular complexity index is 459. The summed E-state index contributed by atoms with van der Waals surface area (Å²) in [7, 11) is 4.45. The molecule has 0 radical (unpaired) electrons. The molecular formula is C16H28Cl2O6Si2Ti. The van der Waals surface area contributed by atoms with Gasteiger partial charge in [-0.15, -0.1) is 37.7 Å². The van der Waals surface area contributed by atoms with Crippen LogP contribution < -0.4 is 0 Å². The first-order valence-electron chi connectivity index (χ1n) is 7.44. The second-order valence-corrected chi connectivity index (χ2v) is 10.5. The molecule has 0 bridgehead atoms. The Kier molecular flexibility index (Phi) is 19.4. The van der Waals surface area contributed by atoms with Crippen LogP contribution >= 0.6 is 24.8 Å². The predicted octanol–water partition coefficient (Wildman–Crippen LogP) is 3.03. The van der Waals surface area contributed by atoms with Gasteiger partial charge in [-0.1, -0.05) is 0 Å². The molecule has 2 aliphatic rings. The topological polar surface area (TPSA) is 55.4 Å². The minimum absolute atomic E-state index is 0. The molecule has 0 N–H and O–H groups in total. The van der Waals surface area contributed by atoms with Crippen LogP contribution in [-0.2, 0) is 48.3 Å². The van der Waals surface area contributed by atoms with Crippen LogP contribution in [0.2, 0.25) is 0 Å². The Labute approximate surface area is 192 Å². The fourth-order valence-electron chi connectivity index (χ4n) is 2.39. The minimum Gasteiger partial charge on any atom is -0.375 e. The first-order valence-corrected chi connectivity index (χ1v) is 10.9. The van der Waals surface area contributed by atoms with E-state index in [1.807, 2.05) is 24.3 Å². The van der Waals surface area contributed by atoms with Crippen molar-refractivity contribution in [3.8, 4) is 0 Å². The molecule has 0 spiro atoms. The molecule has 0 aromatic heterocycles. The van der Waals surface area contributed by atoms with E-state index in [1.165, 1.54) is 0 Å². The Balaban J connectivity index is -0.000000384. The third-order valence-electron chi connectivity index (χ3n) is 3.66. The summed E-state index contributed by atoms with van der Waals surface area (Å²) in [5.41, 5.74) is 0.